The molecule has 2 aromatic rings. The quantitative estimate of drug-likeness (QED) is 0.764. The lowest BCUT2D eigenvalue weighted by Crippen LogP contribution is -2.13. The standard InChI is InChI=1S/C15H12BrF4N/c16-14-11(2-1-3-13(14)17)9-21-8-10-4-6-12(7-5-10)15(18,19)20/h1-7,21H,8-9H2. The molecule has 0 aliphatic rings. The normalized spacial score (nSPS) is 11.7. The third kappa shape index (κ3) is 4.28. The topological polar surface area (TPSA) is 12.0 Å². The first-order valence-electron chi connectivity index (χ1n) is 6.17. The van der Waals surface area contributed by atoms with Gasteiger partial charge in [-0.05, 0) is 45.3 Å². The molecule has 112 valence electrons. The Kier molecular flexibility index (Phi) is 5.00. The van der Waals surface area contributed by atoms with Gasteiger partial charge in [-0.3, -0.25) is 0 Å². The molecule has 0 atom stereocenters. The van der Waals surface area contributed by atoms with E-state index >= 15 is 0 Å². The van der Waals surface area contributed by atoms with Crippen molar-refractivity contribution < 1.29 is 17.6 Å². The van der Waals surface area contributed by atoms with Crippen LogP contribution in [-0.4, -0.2) is 0 Å². The van der Waals surface area contributed by atoms with E-state index in [-0.39, 0.29) is 5.82 Å². The highest BCUT2D eigenvalue weighted by Gasteiger charge is 2.29. The molecule has 2 aromatic carbocycles. The van der Waals surface area contributed by atoms with Crippen LogP contribution in [0, 0.1) is 5.82 Å². The van der Waals surface area contributed by atoms with Crippen molar-refractivity contribution in [2.75, 3.05) is 0 Å². The van der Waals surface area contributed by atoms with E-state index in [1.54, 1.807) is 12.1 Å². The van der Waals surface area contributed by atoms with E-state index in [4.69, 9.17) is 0 Å². The SMILES string of the molecule is Fc1cccc(CNCc2ccc(C(F)(F)F)cc2)c1Br. The van der Waals surface area contributed by atoms with Gasteiger partial charge in [0, 0.05) is 13.1 Å². The summed E-state index contributed by atoms with van der Waals surface area (Å²) >= 11 is 3.16. The molecule has 0 heterocycles. The third-order valence-corrected chi connectivity index (χ3v) is 3.85. The van der Waals surface area contributed by atoms with Crippen LogP contribution in [0.2, 0.25) is 0 Å². The molecule has 0 saturated carbocycles. The molecule has 0 bridgehead atoms. The zero-order chi connectivity index (χ0) is 15.5. The fourth-order valence-corrected chi connectivity index (χ4v) is 2.24. The lowest BCUT2D eigenvalue weighted by atomic mass is 10.1. The predicted molar refractivity (Wildman–Crippen MR) is 76.1 cm³/mol. The molecular formula is C15H12BrF4N. The zero-order valence-electron chi connectivity index (χ0n) is 10.8. The van der Waals surface area contributed by atoms with Crippen LogP contribution >= 0.6 is 15.9 Å². The second kappa shape index (κ2) is 6.58. The van der Waals surface area contributed by atoms with Crippen molar-refractivity contribution in [1.82, 2.24) is 5.32 Å². The van der Waals surface area contributed by atoms with Crippen LogP contribution < -0.4 is 5.32 Å². The van der Waals surface area contributed by atoms with E-state index in [0.717, 1.165) is 23.3 Å². The molecule has 0 fully saturated rings. The largest absolute Gasteiger partial charge is 0.416 e. The number of alkyl halides is 3. The molecule has 0 unspecified atom stereocenters. The number of hydrogen-bond donors (Lipinski definition) is 1. The number of hydrogen-bond acceptors (Lipinski definition) is 1. The Bertz CT molecular complexity index is 608. The van der Waals surface area contributed by atoms with Gasteiger partial charge in [0.15, 0.2) is 0 Å². The van der Waals surface area contributed by atoms with Crippen molar-refractivity contribution in [3.63, 3.8) is 0 Å². The molecular weight excluding hydrogens is 350 g/mol. The summed E-state index contributed by atoms with van der Waals surface area (Å²) in [6, 6.07) is 9.68. The van der Waals surface area contributed by atoms with Crippen LogP contribution in [0.5, 0.6) is 0 Å². The Morgan fingerprint density at radius 3 is 2.24 bits per heavy atom. The second-order valence-electron chi connectivity index (χ2n) is 4.51. The van der Waals surface area contributed by atoms with Gasteiger partial charge in [0.05, 0.1) is 10.0 Å². The number of nitrogens with one attached hydrogen (secondary N) is 1. The monoisotopic (exact) mass is 361 g/mol. The smallest absolute Gasteiger partial charge is 0.309 e. The van der Waals surface area contributed by atoms with Gasteiger partial charge in [-0.1, -0.05) is 24.3 Å². The van der Waals surface area contributed by atoms with Crippen LogP contribution in [0.1, 0.15) is 16.7 Å². The lowest BCUT2D eigenvalue weighted by molar-refractivity contribution is -0.137. The van der Waals surface area contributed by atoms with Gasteiger partial charge in [-0.15, -0.1) is 0 Å². The molecule has 0 amide bonds. The maximum absolute atomic E-state index is 13.3. The highest BCUT2D eigenvalue weighted by atomic mass is 79.9. The molecule has 0 radical (unpaired) electrons. The predicted octanol–water partition coefficient (Wildman–Crippen LogP) is 4.90. The van der Waals surface area contributed by atoms with E-state index in [2.05, 4.69) is 21.2 Å². The third-order valence-electron chi connectivity index (χ3n) is 2.96. The van der Waals surface area contributed by atoms with E-state index in [1.165, 1.54) is 18.2 Å². The summed E-state index contributed by atoms with van der Waals surface area (Å²) in [5.41, 5.74) is 0.816. The molecule has 0 aliphatic carbocycles. The Morgan fingerprint density at radius 2 is 1.62 bits per heavy atom. The molecule has 21 heavy (non-hydrogen) atoms. The molecule has 0 spiro atoms. The fraction of sp³-hybridized carbons (Fsp3) is 0.200. The Hall–Kier alpha value is -1.40. The highest BCUT2D eigenvalue weighted by molar-refractivity contribution is 9.10. The molecule has 1 nitrogen and oxygen atoms in total. The maximum atomic E-state index is 13.3. The molecule has 2 rings (SSSR count). The van der Waals surface area contributed by atoms with Crippen LogP contribution in [0.3, 0.4) is 0 Å². The van der Waals surface area contributed by atoms with Crippen molar-refractivity contribution in [3.8, 4) is 0 Å². The maximum Gasteiger partial charge on any atom is 0.416 e. The summed E-state index contributed by atoms with van der Waals surface area (Å²) in [6.45, 7) is 0.820. The summed E-state index contributed by atoms with van der Waals surface area (Å²) in [5, 5.41) is 3.07. The van der Waals surface area contributed by atoms with Crippen molar-refractivity contribution in [2.45, 2.75) is 19.3 Å². The number of halogens is 5. The number of benzene rings is 2. The highest BCUT2D eigenvalue weighted by Crippen LogP contribution is 2.29. The average Bonchev–Trinajstić information content (AvgIpc) is 2.43. The van der Waals surface area contributed by atoms with Gasteiger partial charge < -0.3 is 5.32 Å². The minimum Gasteiger partial charge on any atom is -0.309 e. The first kappa shape index (κ1) is 16.0. The van der Waals surface area contributed by atoms with Crippen LogP contribution in [0.25, 0.3) is 0 Å². The lowest BCUT2D eigenvalue weighted by Gasteiger charge is -2.09. The molecule has 0 aliphatic heterocycles. The summed E-state index contributed by atoms with van der Waals surface area (Å²) in [7, 11) is 0. The second-order valence-corrected chi connectivity index (χ2v) is 5.30. The van der Waals surface area contributed by atoms with Crippen LogP contribution in [-0.2, 0) is 19.3 Å². The van der Waals surface area contributed by atoms with Crippen molar-refractivity contribution in [1.29, 1.82) is 0 Å². The molecule has 6 heteroatoms. The van der Waals surface area contributed by atoms with Gasteiger partial charge in [-0.2, -0.15) is 13.2 Å². The Balaban J connectivity index is 1.93. The molecule has 0 saturated heterocycles. The minimum atomic E-state index is -4.32. The molecule has 0 aromatic heterocycles. The zero-order valence-corrected chi connectivity index (χ0v) is 12.4. The van der Waals surface area contributed by atoms with E-state index in [9.17, 15) is 17.6 Å². The number of rotatable bonds is 4. The summed E-state index contributed by atoms with van der Waals surface area (Å²) in [4.78, 5) is 0. The van der Waals surface area contributed by atoms with Crippen LogP contribution in [0.4, 0.5) is 17.6 Å². The van der Waals surface area contributed by atoms with Gasteiger partial charge in [0.2, 0.25) is 0 Å². The van der Waals surface area contributed by atoms with Gasteiger partial charge in [0.1, 0.15) is 5.82 Å². The first-order chi connectivity index (χ1) is 9.88. The fourth-order valence-electron chi connectivity index (χ4n) is 1.84. The van der Waals surface area contributed by atoms with Crippen molar-refractivity contribution in [2.24, 2.45) is 0 Å². The van der Waals surface area contributed by atoms with Gasteiger partial charge in [0.25, 0.3) is 0 Å². The van der Waals surface area contributed by atoms with Crippen molar-refractivity contribution in [3.05, 3.63) is 69.4 Å². The van der Waals surface area contributed by atoms with Crippen LogP contribution in [0.15, 0.2) is 46.9 Å². The first-order valence-corrected chi connectivity index (χ1v) is 6.97. The Labute approximate surface area is 128 Å². The summed E-state index contributed by atoms with van der Waals surface area (Å²) in [6.07, 6.45) is -4.32. The van der Waals surface area contributed by atoms with E-state index in [0.29, 0.717) is 17.6 Å². The minimum absolute atomic E-state index is 0.344. The van der Waals surface area contributed by atoms with E-state index < -0.39 is 11.7 Å². The van der Waals surface area contributed by atoms with Crippen molar-refractivity contribution >= 4 is 15.9 Å². The Morgan fingerprint density at radius 1 is 0.952 bits per heavy atom. The molecule has 1 N–H and O–H groups in total. The van der Waals surface area contributed by atoms with E-state index in [1.807, 2.05) is 0 Å². The summed E-state index contributed by atoms with van der Waals surface area (Å²) in [5.74, 6) is -0.344. The average molecular weight is 362 g/mol. The summed E-state index contributed by atoms with van der Waals surface area (Å²) < 4.78 is 51.0. The van der Waals surface area contributed by atoms with Gasteiger partial charge in [-0.25, -0.2) is 4.39 Å². The van der Waals surface area contributed by atoms with Gasteiger partial charge >= 0.3 is 6.18 Å².